The van der Waals surface area contributed by atoms with E-state index in [1.54, 1.807) is 16.7 Å². The molecule has 2 aliphatic rings. The molecule has 1 amide bonds. The summed E-state index contributed by atoms with van der Waals surface area (Å²) in [5.74, 6) is 1.18. The van der Waals surface area contributed by atoms with Gasteiger partial charge in [-0.3, -0.25) is 9.69 Å². The third kappa shape index (κ3) is 4.88. The molecular formula is C28H24ClN3O2S. The van der Waals surface area contributed by atoms with Gasteiger partial charge in [-0.2, -0.15) is 5.26 Å². The Hall–Kier alpha value is -3.40. The second kappa shape index (κ2) is 10.1. The fourth-order valence-electron chi connectivity index (χ4n) is 4.34. The SMILES string of the molecule is Cc1ccc(N2CSC3=C(C#N)[C@@H](c4ccc(OCc5ccccc5Cl)cc4)CC(=O)N3C2)cc1. The number of hydrogen-bond acceptors (Lipinski definition) is 5. The summed E-state index contributed by atoms with van der Waals surface area (Å²) in [6.07, 6.45) is 0.272. The lowest BCUT2D eigenvalue weighted by Crippen LogP contribution is -2.47. The van der Waals surface area contributed by atoms with Crippen LogP contribution in [0.4, 0.5) is 5.69 Å². The van der Waals surface area contributed by atoms with E-state index in [0.29, 0.717) is 35.5 Å². The Balaban J connectivity index is 1.33. The van der Waals surface area contributed by atoms with Crippen LogP contribution < -0.4 is 9.64 Å². The highest BCUT2D eigenvalue weighted by atomic mass is 35.5. The second-order valence-electron chi connectivity index (χ2n) is 8.65. The first kappa shape index (κ1) is 23.3. The molecule has 0 bridgehead atoms. The van der Waals surface area contributed by atoms with E-state index in [9.17, 15) is 10.1 Å². The van der Waals surface area contributed by atoms with E-state index in [1.165, 1.54) is 5.56 Å². The first-order valence-electron chi connectivity index (χ1n) is 11.4. The fourth-order valence-corrected chi connectivity index (χ4v) is 5.70. The standard InChI is InChI=1S/C28H24ClN3O2S/c1-19-6-10-22(11-7-19)31-17-32-27(33)14-24(25(15-30)28(32)35-18-31)20-8-12-23(13-9-20)34-16-21-4-2-3-5-26(21)29/h2-13,24H,14,16-18H2,1H3/t24-/m1/s1. The van der Waals surface area contributed by atoms with Crippen molar-refractivity contribution >= 4 is 35.0 Å². The number of amides is 1. The van der Waals surface area contributed by atoms with E-state index in [-0.39, 0.29) is 18.2 Å². The van der Waals surface area contributed by atoms with E-state index >= 15 is 0 Å². The molecule has 35 heavy (non-hydrogen) atoms. The third-order valence-corrected chi connectivity index (χ3v) is 7.85. The second-order valence-corrected chi connectivity index (χ2v) is 9.99. The minimum absolute atomic E-state index is 0.0346. The van der Waals surface area contributed by atoms with Gasteiger partial charge in [-0.15, -0.1) is 0 Å². The van der Waals surface area contributed by atoms with Crippen molar-refractivity contribution in [2.24, 2.45) is 0 Å². The molecule has 0 radical (unpaired) electrons. The number of benzene rings is 3. The van der Waals surface area contributed by atoms with Gasteiger partial charge in [-0.25, -0.2) is 0 Å². The first-order valence-corrected chi connectivity index (χ1v) is 12.7. The van der Waals surface area contributed by atoms with Crippen molar-refractivity contribution in [2.75, 3.05) is 17.4 Å². The monoisotopic (exact) mass is 501 g/mol. The molecule has 2 heterocycles. The molecule has 1 fully saturated rings. The highest BCUT2D eigenvalue weighted by Gasteiger charge is 2.38. The maximum Gasteiger partial charge on any atom is 0.229 e. The van der Waals surface area contributed by atoms with Crippen molar-refractivity contribution in [3.8, 4) is 11.8 Å². The maximum atomic E-state index is 13.2. The van der Waals surface area contributed by atoms with E-state index in [4.69, 9.17) is 16.3 Å². The Morgan fingerprint density at radius 2 is 1.83 bits per heavy atom. The van der Waals surface area contributed by atoms with Crippen molar-refractivity contribution in [2.45, 2.75) is 25.9 Å². The Bertz CT molecular complexity index is 1320. The number of carbonyl (C=O) groups excluding carboxylic acids is 1. The van der Waals surface area contributed by atoms with Gasteiger partial charge in [0, 0.05) is 28.6 Å². The Kier molecular flexibility index (Phi) is 6.72. The topological polar surface area (TPSA) is 56.6 Å². The molecule has 0 aliphatic carbocycles. The minimum atomic E-state index is -0.255. The van der Waals surface area contributed by atoms with Crippen LogP contribution in [0.15, 0.2) is 83.4 Å². The molecule has 0 aromatic heterocycles. The van der Waals surface area contributed by atoms with Gasteiger partial charge in [0.15, 0.2) is 0 Å². The average molecular weight is 502 g/mol. The van der Waals surface area contributed by atoms with Crippen LogP contribution in [0, 0.1) is 18.3 Å². The number of ether oxygens (including phenoxy) is 1. The molecule has 1 saturated heterocycles. The lowest BCUT2D eigenvalue weighted by atomic mass is 9.86. The van der Waals surface area contributed by atoms with Crippen LogP contribution in [-0.4, -0.2) is 23.4 Å². The van der Waals surface area contributed by atoms with E-state index < -0.39 is 0 Å². The van der Waals surface area contributed by atoms with Gasteiger partial charge in [0.2, 0.25) is 5.91 Å². The zero-order valence-corrected chi connectivity index (χ0v) is 20.9. The van der Waals surface area contributed by atoms with Gasteiger partial charge in [0.05, 0.1) is 29.2 Å². The largest absolute Gasteiger partial charge is 0.489 e. The van der Waals surface area contributed by atoms with E-state index in [1.807, 2.05) is 48.5 Å². The highest BCUT2D eigenvalue weighted by molar-refractivity contribution is 8.03. The Morgan fingerprint density at radius 3 is 2.54 bits per heavy atom. The number of carbonyl (C=O) groups is 1. The minimum Gasteiger partial charge on any atom is -0.489 e. The maximum absolute atomic E-state index is 13.2. The van der Waals surface area contributed by atoms with Crippen LogP contribution in [0.2, 0.25) is 5.02 Å². The van der Waals surface area contributed by atoms with Gasteiger partial charge >= 0.3 is 0 Å². The Labute approximate surface area is 214 Å². The summed E-state index contributed by atoms with van der Waals surface area (Å²) in [6.45, 7) is 2.88. The molecule has 0 spiro atoms. The molecule has 5 rings (SSSR count). The average Bonchev–Trinajstić information content (AvgIpc) is 2.89. The molecule has 3 aromatic rings. The van der Waals surface area contributed by atoms with Gasteiger partial charge in [-0.05, 0) is 42.8 Å². The highest BCUT2D eigenvalue weighted by Crippen LogP contribution is 2.43. The zero-order chi connectivity index (χ0) is 24.4. The molecule has 3 aromatic carbocycles. The Morgan fingerprint density at radius 1 is 1.09 bits per heavy atom. The summed E-state index contributed by atoms with van der Waals surface area (Å²) in [5, 5.41) is 11.5. The molecule has 0 N–H and O–H groups in total. The summed E-state index contributed by atoms with van der Waals surface area (Å²) < 4.78 is 5.89. The summed E-state index contributed by atoms with van der Waals surface area (Å²) in [6, 6.07) is 25.9. The molecule has 0 saturated carbocycles. The fraction of sp³-hybridized carbons (Fsp3) is 0.214. The van der Waals surface area contributed by atoms with Crippen LogP contribution >= 0.6 is 23.4 Å². The van der Waals surface area contributed by atoms with Gasteiger partial charge in [0.25, 0.3) is 0 Å². The predicted octanol–water partition coefficient (Wildman–Crippen LogP) is 6.45. The number of nitrogens with zero attached hydrogens (tertiary/aromatic N) is 3. The molecule has 176 valence electrons. The lowest BCUT2D eigenvalue weighted by molar-refractivity contribution is -0.129. The number of nitriles is 1. The number of rotatable bonds is 5. The van der Waals surface area contributed by atoms with Crippen LogP contribution in [0.1, 0.15) is 29.0 Å². The van der Waals surface area contributed by atoms with Crippen molar-refractivity contribution in [3.05, 3.63) is 105 Å². The number of thioether (sulfide) groups is 1. The number of anilines is 1. The molecule has 5 nitrogen and oxygen atoms in total. The summed E-state index contributed by atoms with van der Waals surface area (Å²) in [5.41, 5.74) is 4.78. The number of allylic oxidation sites excluding steroid dienone is 1. The zero-order valence-electron chi connectivity index (χ0n) is 19.3. The van der Waals surface area contributed by atoms with Gasteiger partial charge in [-0.1, -0.05) is 71.4 Å². The van der Waals surface area contributed by atoms with Crippen LogP contribution in [0.5, 0.6) is 5.75 Å². The van der Waals surface area contributed by atoms with Crippen molar-refractivity contribution in [1.29, 1.82) is 5.26 Å². The summed E-state index contributed by atoms with van der Waals surface area (Å²) in [7, 11) is 0. The van der Waals surface area contributed by atoms with Gasteiger partial charge < -0.3 is 9.64 Å². The quantitative estimate of drug-likeness (QED) is 0.402. The third-order valence-electron chi connectivity index (χ3n) is 6.33. The normalized spacial score (nSPS) is 17.7. The number of aryl methyl sites for hydroxylation is 1. The smallest absolute Gasteiger partial charge is 0.229 e. The van der Waals surface area contributed by atoms with Crippen molar-refractivity contribution in [3.63, 3.8) is 0 Å². The number of halogens is 1. The molecule has 0 unspecified atom stereocenters. The molecule has 7 heteroatoms. The molecular weight excluding hydrogens is 478 g/mol. The van der Waals surface area contributed by atoms with Gasteiger partial charge in [0.1, 0.15) is 12.4 Å². The number of hydrogen-bond donors (Lipinski definition) is 0. The van der Waals surface area contributed by atoms with E-state index in [0.717, 1.165) is 21.8 Å². The summed E-state index contributed by atoms with van der Waals surface area (Å²) in [4.78, 5) is 17.1. The predicted molar refractivity (Wildman–Crippen MR) is 140 cm³/mol. The summed E-state index contributed by atoms with van der Waals surface area (Å²) >= 11 is 7.76. The lowest BCUT2D eigenvalue weighted by Gasteiger charge is -2.42. The number of fused-ring (bicyclic) bond motifs is 1. The first-order chi connectivity index (χ1) is 17.0. The van der Waals surface area contributed by atoms with E-state index in [2.05, 4.69) is 42.2 Å². The van der Waals surface area contributed by atoms with Crippen LogP contribution in [0.25, 0.3) is 0 Å². The van der Waals surface area contributed by atoms with Crippen LogP contribution in [-0.2, 0) is 11.4 Å². The van der Waals surface area contributed by atoms with Crippen LogP contribution in [0.3, 0.4) is 0 Å². The van der Waals surface area contributed by atoms with Crippen molar-refractivity contribution < 1.29 is 9.53 Å². The molecule has 2 aliphatic heterocycles. The van der Waals surface area contributed by atoms with Crippen molar-refractivity contribution in [1.82, 2.24) is 4.90 Å². The molecule has 1 atom stereocenters.